The average molecular weight is 477 g/mol. The Bertz CT molecular complexity index is 1200. The van der Waals surface area contributed by atoms with E-state index in [0.29, 0.717) is 24.0 Å². The fourth-order valence-corrected chi connectivity index (χ4v) is 3.71. The van der Waals surface area contributed by atoms with Crippen LogP contribution in [0.5, 0.6) is 17.2 Å². The summed E-state index contributed by atoms with van der Waals surface area (Å²) in [5.74, 6) is 3.36. The Morgan fingerprint density at radius 1 is 0.914 bits per heavy atom. The molecule has 0 aliphatic carbocycles. The maximum atomic E-state index is 5.54. The molecule has 7 heteroatoms. The second-order valence-corrected chi connectivity index (χ2v) is 8.60. The van der Waals surface area contributed by atoms with Gasteiger partial charge in [-0.3, -0.25) is 0 Å². The van der Waals surface area contributed by atoms with E-state index in [2.05, 4.69) is 38.2 Å². The molecule has 1 heterocycles. The Hall–Kier alpha value is -3.74. The summed E-state index contributed by atoms with van der Waals surface area (Å²) in [6.45, 7) is 7.05. The van der Waals surface area contributed by atoms with Crippen molar-refractivity contribution in [3.05, 3.63) is 59.7 Å². The minimum atomic E-state index is 0.549. The van der Waals surface area contributed by atoms with Gasteiger partial charge in [-0.1, -0.05) is 23.3 Å². The molecular weight excluding hydrogens is 440 g/mol. The normalized spacial score (nSPS) is 11.2. The zero-order chi connectivity index (χ0) is 25.4. The number of nitrogens with one attached hydrogen (secondary N) is 1. The van der Waals surface area contributed by atoms with Crippen LogP contribution in [0.2, 0.25) is 0 Å². The van der Waals surface area contributed by atoms with E-state index in [-0.39, 0.29) is 0 Å². The van der Waals surface area contributed by atoms with Gasteiger partial charge in [0.15, 0.2) is 11.5 Å². The lowest BCUT2D eigenvalue weighted by molar-refractivity contribution is 0.356. The number of rotatable bonds is 11. The van der Waals surface area contributed by atoms with Crippen LogP contribution in [-0.4, -0.2) is 44.9 Å². The number of ether oxygens (including phenoxy) is 3. The average Bonchev–Trinajstić information content (AvgIpc) is 2.86. The van der Waals surface area contributed by atoms with Crippen molar-refractivity contribution in [2.45, 2.75) is 33.6 Å². The molecule has 0 amide bonds. The van der Waals surface area contributed by atoms with Crippen LogP contribution in [0.3, 0.4) is 0 Å². The van der Waals surface area contributed by atoms with Crippen LogP contribution in [0.1, 0.15) is 33.6 Å². The molecule has 7 nitrogen and oxygen atoms in total. The summed E-state index contributed by atoms with van der Waals surface area (Å²) in [5.41, 5.74) is 4.42. The van der Waals surface area contributed by atoms with Crippen molar-refractivity contribution in [2.24, 2.45) is 0 Å². The number of hydrogen-bond acceptors (Lipinski definition) is 7. The number of allylic oxidation sites excluding steroid dienone is 3. The molecule has 0 fully saturated rings. The summed E-state index contributed by atoms with van der Waals surface area (Å²) in [7, 11) is 6.89. The first-order valence-corrected chi connectivity index (χ1v) is 11.7. The lowest BCUT2D eigenvalue weighted by Crippen LogP contribution is -2.14. The molecular formula is C28H36N4O3. The van der Waals surface area contributed by atoms with E-state index in [1.165, 1.54) is 11.1 Å². The van der Waals surface area contributed by atoms with Crippen molar-refractivity contribution >= 4 is 28.4 Å². The number of methoxy groups -OCH3 is 3. The van der Waals surface area contributed by atoms with Gasteiger partial charge in [0.25, 0.3) is 0 Å². The molecule has 0 aliphatic heterocycles. The molecule has 0 unspecified atom stereocenters. The van der Waals surface area contributed by atoms with Gasteiger partial charge in [0.2, 0.25) is 5.95 Å². The summed E-state index contributed by atoms with van der Waals surface area (Å²) in [4.78, 5) is 11.7. The van der Waals surface area contributed by atoms with Gasteiger partial charge in [-0.15, -0.1) is 0 Å². The van der Waals surface area contributed by atoms with Gasteiger partial charge in [-0.25, -0.2) is 4.98 Å². The van der Waals surface area contributed by atoms with Gasteiger partial charge in [-0.05, 0) is 63.9 Å². The predicted molar refractivity (Wildman–Crippen MR) is 145 cm³/mol. The van der Waals surface area contributed by atoms with Crippen molar-refractivity contribution in [2.75, 3.05) is 45.1 Å². The largest absolute Gasteiger partial charge is 0.497 e. The molecule has 35 heavy (non-hydrogen) atoms. The molecule has 0 aliphatic rings. The van der Waals surface area contributed by atoms with Crippen molar-refractivity contribution in [1.82, 2.24) is 9.97 Å². The highest BCUT2D eigenvalue weighted by atomic mass is 16.5. The fourth-order valence-electron chi connectivity index (χ4n) is 3.71. The summed E-state index contributed by atoms with van der Waals surface area (Å²) in [6, 6.07) is 11.7. The minimum Gasteiger partial charge on any atom is -0.497 e. The fraction of sp³-hybridized carbons (Fsp3) is 0.357. The Kier molecular flexibility index (Phi) is 8.95. The minimum absolute atomic E-state index is 0.549. The second kappa shape index (κ2) is 12.1. The monoisotopic (exact) mass is 476 g/mol. The van der Waals surface area contributed by atoms with Gasteiger partial charge in [-0.2, -0.15) is 4.98 Å². The lowest BCUT2D eigenvalue weighted by atomic mass is 10.1. The van der Waals surface area contributed by atoms with E-state index in [0.717, 1.165) is 41.0 Å². The van der Waals surface area contributed by atoms with E-state index < -0.39 is 0 Å². The third-order valence-electron chi connectivity index (χ3n) is 5.76. The molecule has 1 N–H and O–H groups in total. The van der Waals surface area contributed by atoms with E-state index >= 15 is 0 Å². The van der Waals surface area contributed by atoms with Crippen LogP contribution in [0.4, 0.5) is 17.5 Å². The molecule has 0 saturated heterocycles. The molecule has 1 aromatic heterocycles. The standard InChI is InChI=1S/C28H36N4O3/c1-19(2)9-8-10-20(3)15-16-29-28-30-24-18-26(35-7)25(34-6)17-23(24)27(31-28)32(4)21-11-13-22(33-5)14-12-21/h9,11-15,17-18H,8,10,16H2,1-7H3,(H,29,30,31)/b20-15+. The van der Waals surface area contributed by atoms with Crippen molar-refractivity contribution in [3.63, 3.8) is 0 Å². The molecule has 0 atom stereocenters. The van der Waals surface area contributed by atoms with Crippen LogP contribution < -0.4 is 24.4 Å². The van der Waals surface area contributed by atoms with Crippen LogP contribution in [0.15, 0.2) is 59.7 Å². The molecule has 3 aromatic rings. The van der Waals surface area contributed by atoms with E-state index in [4.69, 9.17) is 24.2 Å². The summed E-state index contributed by atoms with van der Waals surface area (Å²) in [5, 5.41) is 4.23. The van der Waals surface area contributed by atoms with Crippen LogP contribution in [0, 0.1) is 0 Å². The zero-order valence-corrected chi connectivity index (χ0v) is 21.8. The molecule has 186 valence electrons. The van der Waals surface area contributed by atoms with E-state index in [9.17, 15) is 0 Å². The zero-order valence-electron chi connectivity index (χ0n) is 21.8. The van der Waals surface area contributed by atoms with Crippen molar-refractivity contribution < 1.29 is 14.2 Å². The van der Waals surface area contributed by atoms with Crippen LogP contribution in [0.25, 0.3) is 10.9 Å². The highest BCUT2D eigenvalue weighted by Crippen LogP contribution is 2.37. The summed E-state index contributed by atoms with van der Waals surface area (Å²) in [6.07, 6.45) is 6.54. The van der Waals surface area contributed by atoms with Crippen molar-refractivity contribution in [1.29, 1.82) is 0 Å². The Morgan fingerprint density at radius 2 is 1.60 bits per heavy atom. The molecule has 0 radical (unpaired) electrons. The first kappa shape index (κ1) is 25.9. The number of benzene rings is 2. The third-order valence-corrected chi connectivity index (χ3v) is 5.76. The van der Waals surface area contributed by atoms with Crippen LogP contribution in [-0.2, 0) is 0 Å². The molecule has 0 saturated carbocycles. The second-order valence-electron chi connectivity index (χ2n) is 8.60. The number of anilines is 3. The first-order valence-electron chi connectivity index (χ1n) is 11.7. The SMILES string of the molecule is COc1ccc(N(C)c2nc(NC/C=C(\C)CCC=C(C)C)nc3cc(OC)c(OC)cc23)cc1. The smallest absolute Gasteiger partial charge is 0.225 e. The van der Waals surface area contributed by atoms with Gasteiger partial charge in [0.05, 0.1) is 26.8 Å². The van der Waals surface area contributed by atoms with Crippen LogP contribution >= 0.6 is 0 Å². The Labute approximate surface area is 208 Å². The maximum Gasteiger partial charge on any atom is 0.225 e. The van der Waals surface area contributed by atoms with Gasteiger partial charge in [0, 0.05) is 30.7 Å². The highest BCUT2D eigenvalue weighted by molar-refractivity contribution is 5.94. The molecule has 2 aromatic carbocycles. The van der Waals surface area contributed by atoms with Gasteiger partial charge >= 0.3 is 0 Å². The maximum absolute atomic E-state index is 5.54. The van der Waals surface area contributed by atoms with E-state index in [1.807, 2.05) is 48.3 Å². The first-order chi connectivity index (χ1) is 16.9. The Morgan fingerprint density at radius 3 is 2.23 bits per heavy atom. The predicted octanol–water partition coefficient (Wildman–Crippen LogP) is 6.53. The van der Waals surface area contributed by atoms with Gasteiger partial charge < -0.3 is 24.4 Å². The number of hydrogen-bond donors (Lipinski definition) is 1. The van der Waals surface area contributed by atoms with E-state index in [1.54, 1.807) is 21.3 Å². The Balaban J connectivity index is 1.96. The lowest BCUT2D eigenvalue weighted by Gasteiger charge is -2.22. The summed E-state index contributed by atoms with van der Waals surface area (Å²) >= 11 is 0. The molecule has 3 rings (SSSR count). The molecule has 0 bridgehead atoms. The topological polar surface area (TPSA) is 68.7 Å². The number of aromatic nitrogens is 2. The number of fused-ring (bicyclic) bond motifs is 1. The van der Waals surface area contributed by atoms with Gasteiger partial charge in [0.1, 0.15) is 11.6 Å². The van der Waals surface area contributed by atoms with Crippen molar-refractivity contribution in [3.8, 4) is 17.2 Å². The third kappa shape index (κ3) is 6.66. The quantitative estimate of drug-likeness (QED) is 0.316. The molecule has 0 spiro atoms. The highest BCUT2D eigenvalue weighted by Gasteiger charge is 2.17. The number of nitrogens with zero attached hydrogens (tertiary/aromatic N) is 3. The summed E-state index contributed by atoms with van der Waals surface area (Å²) < 4.78 is 16.4.